The lowest BCUT2D eigenvalue weighted by Crippen LogP contribution is -1.78. The summed E-state index contributed by atoms with van der Waals surface area (Å²) in [5, 5.41) is 50.6. The van der Waals surface area contributed by atoms with E-state index in [1.165, 1.54) is 12.1 Å². The molecule has 0 saturated carbocycles. The minimum absolute atomic E-state index is 0.0140. The zero-order valence-electron chi connectivity index (χ0n) is 15.0. The van der Waals surface area contributed by atoms with Gasteiger partial charge >= 0.3 is 0 Å². The second-order valence-electron chi connectivity index (χ2n) is 4.38. The maximum atomic E-state index is 9.95. The van der Waals surface area contributed by atoms with E-state index in [-0.39, 0.29) is 31.5 Å². The molecule has 0 spiro atoms. The molecular formula is C16H22N8O2. The van der Waals surface area contributed by atoms with E-state index in [2.05, 4.69) is 40.9 Å². The topological polar surface area (TPSA) is 139 Å². The maximum absolute atomic E-state index is 9.95. The number of phenolic OH excluding ortho intramolecular Hbond substituents is 2. The predicted molar refractivity (Wildman–Crippen MR) is 98.2 cm³/mol. The summed E-state index contributed by atoms with van der Waals surface area (Å²) in [5.74, 6) is 0.0797. The molecule has 0 aliphatic carbocycles. The van der Waals surface area contributed by atoms with Crippen LogP contribution < -0.4 is 0 Å². The summed E-state index contributed by atoms with van der Waals surface area (Å²) >= 11 is 0. The van der Waals surface area contributed by atoms with Crippen LogP contribution in [0.25, 0.3) is 10.8 Å². The van der Waals surface area contributed by atoms with E-state index >= 15 is 0 Å². The quantitative estimate of drug-likeness (QED) is 0.655. The van der Waals surface area contributed by atoms with Gasteiger partial charge in [0.2, 0.25) is 0 Å². The number of aromatic hydroxyl groups is 2. The normalized spacial score (nSPS) is 11.8. The first kappa shape index (κ1) is 20.7. The predicted octanol–water partition coefficient (Wildman–Crippen LogP) is 5.22. The maximum Gasteiger partial charge on any atom is 0.171 e. The van der Waals surface area contributed by atoms with Crippen molar-refractivity contribution in [1.82, 2.24) is 0 Å². The van der Waals surface area contributed by atoms with E-state index in [0.29, 0.717) is 16.5 Å². The van der Waals surface area contributed by atoms with Crippen LogP contribution >= 0.6 is 0 Å². The molecule has 0 amide bonds. The lowest BCUT2D eigenvalue weighted by Gasteiger charge is -2.05. The molecule has 10 nitrogen and oxygen atoms in total. The summed E-state index contributed by atoms with van der Waals surface area (Å²) in [4.78, 5) is 0. The zero-order valence-corrected chi connectivity index (χ0v) is 15.0. The van der Waals surface area contributed by atoms with E-state index in [9.17, 15) is 10.2 Å². The third-order valence-corrected chi connectivity index (χ3v) is 2.87. The Morgan fingerprint density at radius 2 is 1.35 bits per heavy atom. The molecule has 0 aliphatic rings. The first-order valence-corrected chi connectivity index (χ1v) is 7.97. The van der Waals surface area contributed by atoms with Gasteiger partial charge in [-0.25, -0.2) is 0 Å². The number of hydrogen-bond donors (Lipinski definition) is 2. The van der Waals surface area contributed by atoms with E-state index < -0.39 is 0 Å². The Morgan fingerprint density at radius 1 is 0.731 bits per heavy atom. The molecule has 2 rings (SSSR count). The molecule has 2 aromatic carbocycles. The number of fused-ring (bicyclic) bond motifs is 1. The Kier molecular flexibility index (Phi) is 9.67. The number of azo groups is 4. The summed E-state index contributed by atoms with van der Waals surface area (Å²) in [6.45, 7) is 4.26. The largest absolute Gasteiger partial charge is 0.507 e. The van der Waals surface area contributed by atoms with Crippen LogP contribution in [0, 0.1) is 0 Å². The van der Waals surface area contributed by atoms with Crippen molar-refractivity contribution >= 4 is 16.5 Å². The Hall–Kier alpha value is -3.30. The fourth-order valence-electron chi connectivity index (χ4n) is 1.87. The number of nitrogens with zero attached hydrogens (tertiary/aromatic N) is 8. The number of hydrogen-bond acceptors (Lipinski definition) is 10. The van der Waals surface area contributed by atoms with Crippen molar-refractivity contribution in [3.63, 3.8) is 0 Å². The fourth-order valence-corrected chi connectivity index (χ4v) is 1.87. The lowest BCUT2D eigenvalue weighted by atomic mass is 10.1. The fraction of sp³-hybridized carbons (Fsp3) is 0.375. The van der Waals surface area contributed by atoms with Crippen molar-refractivity contribution in [3.8, 4) is 11.5 Å². The summed E-state index contributed by atoms with van der Waals surface area (Å²) < 4.78 is 0. The van der Waals surface area contributed by atoms with Gasteiger partial charge in [0.05, 0.1) is 11.1 Å². The standard InChI is InChI=1S/C14H16N8O2.C2H6/c1-15-16-7-17-18-8-19-20-9-21-22-11-5-6-12(23)10-3-2-4-13(24)14(10)11;1-2/h2-6,23-24H,7-9H2,1H3;1-2H3. The van der Waals surface area contributed by atoms with E-state index in [0.717, 1.165) is 0 Å². The van der Waals surface area contributed by atoms with Gasteiger partial charge in [-0.3, -0.25) is 0 Å². The van der Waals surface area contributed by atoms with E-state index in [4.69, 9.17) is 0 Å². The Balaban J connectivity index is 0.00000163. The molecule has 0 atom stereocenters. The molecule has 0 aliphatic heterocycles. The molecule has 0 radical (unpaired) electrons. The van der Waals surface area contributed by atoms with Gasteiger partial charge in [0.25, 0.3) is 0 Å². The van der Waals surface area contributed by atoms with Crippen LogP contribution in [-0.2, 0) is 0 Å². The first-order chi connectivity index (χ1) is 12.7. The van der Waals surface area contributed by atoms with Gasteiger partial charge in [-0.2, -0.15) is 40.9 Å². The molecule has 0 bridgehead atoms. The highest BCUT2D eigenvalue weighted by Crippen LogP contribution is 2.38. The second kappa shape index (κ2) is 12.1. The second-order valence-corrected chi connectivity index (χ2v) is 4.38. The Labute approximate surface area is 151 Å². The van der Waals surface area contributed by atoms with Crippen LogP contribution in [0.15, 0.2) is 71.2 Å². The van der Waals surface area contributed by atoms with Gasteiger partial charge in [-0.1, -0.05) is 26.0 Å². The van der Waals surface area contributed by atoms with Crippen LogP contribution in [0.3, 0.4) is 0 Å². The summed E-state index contributed by atoms with van der Waals surface area (Å²) in [6, 6.07) is 7.90. The highest BCUT2D eigenvalue weighted by Gasteiger charge is 2.08. The average molecular weight is 358 g/mol. The first-order valence-electron chi connectivity index (χ1n) is 7.97. The molecule has 2 aromatic rings. The molecule has 26 heavy (non-hydrogen) atoms. The molecule has 0 unspecified atom stereocenters. The smallest absolute Gasteiger partial charge is 0.171 e. The van der Waals surface area contributed by atoms with Crippen molar-refractivity contribution < 1.29 is 10.2 Å². The van der Waals surface area contributed by atoms with Crippen LogP contribution in [-0.4, -0.2) is 37.3 Å². The van der Waals surface area contributed by atoms with Gasteiger partial charge in [0, 0.05) is 12.4 Å². The summed E-state index contributed by atoms with van der Waals surface area (Å²) in [7, 11) is 1.55. The highest BCUT2D eigenvalue weighted by atomic mass is 16.3. The van der Waals surface area contributed by atoms with Crippen molar-refractivity contribution in [2.24, 2.45) is 40.9 Å². The van der Waals surface area contributed by atoms with Crippen LogP contribution in [0.1, 0.15) is 13.8 Å². The molecule has 0 heterocycles. The molecule has 2 N–H and O–H groups in total. The van der Waals surface area contributed by atoms with Gasteiger partial charge in [0.1, 0.15) is 11.5 Å². The summed E-state index contributed by atoms with van der Waals surface area (Å²) in [5.41, 5.74) is 0.431. The highest BCUT2D eigenvalue weighted by molar-refractivity contribution is 6.00. The number of benzene rings is 2. The molecular weight excluding hydrogens is 336 g/mol. The van der Waals surface area contributed by atoms with Crippen LogP contribution in [0.2, 0.25) is 0 Å². The minimum atomic E-state index is 0.0140. The average Bonchev–Trinajstić information content (AvgIpc) is 2.67. The summed E-state index contributed by atoms with van der Waals surface area (Å²) in [6.07, 6.45) is 0. The molecule has 10 heteroatoms. The van der Waals surface area contributed by atoms with Gasteiger partial charge in [-0.05, 0) is 18.2 Å². The van der Waals surface area contributed by atoms with E-state index in [1.54, 1.807) is 25.2 Å². The van der Waals surface area contributed by atoms with Gasteiger partial charge < -0.3 is 10.2 Å². The SMILES string of the molecule is CC.CN=NCN=NCN=NCN=Nc1ccc(O)c2cccc(O)c12. The van der Waals surface area contributed by atoms with E-state index in [1.807, 2.05) is 13.8 Å². The lowest BCUT2D eigenvalue weighted by molar-refractivity contribution is 0.475. The Morgan fingerprint density at radius 3 is 2.00 bits per heavy atom. The molecule has 138 valence electrons. The number of phenols is 2. The van der Waals surface area contributed by atoms with Crippen molar-refractivity contribution in [2.45, 2.75) is 13.8 Å². The van der Waals surface area contributed by atoms with Gasteiger partial charge in [0.15, 0.2) is 20.0 Å². The molecule has 0 fully saturated rings. The van der Waals surface area contributed by atoms with Crippen LogP contribution in [0.5, 0.6) is 11.5 Å². The van der Waals surface area contributed by atoms with Crippen LogP contribution in [0.4, 0.5) is 5.69 Å². The van der Waals surface area contributed by atoms with Gasteiger partial charge in [-0.15, -0.1) is 0 Å². The van der Waals surface area contributed by atoms with Crippen molar-refractivity contribution in [2.75, 3.05) is 27.1 Å². The monoisotopic (exact) mass is 358 g/mol. The van der Waals surface area contributed by atoms with Crippen molar-refractivity contribution in [3.05, 3.63) is 30.3 Å². The Bertz CT molecular complexity index is 802. The minimum Gasteiger partial charge on any atom is -0.507 e. The zero-order chi connectivity index (χ0) is 19.2. The third kappa shape index (κ3) is 6.30. The molecule has 0 aromatic heterocycles. The molecule has 0 saturated heterocycles. The number of rotatable bonds is 7. The third-order valence-electron chi connectivity index (χ3n) is 2.87. The van der Waals surface area contributed by atoms with Crippen molar-refractivity contribution in [1.29, 1.82) is 0 Å².